The second-order valence-corrected chi connectivity index (χ2v) is 5.93. The van der Waals surface area contributed by atoms with E-state index in [2.05, 4.69) is 27.1 Å². The number of nitrogens with one attached hydrogen (secondary N) is 1. The van der Waals surface area contributed by atoms with Gasteiger partial charge < -0.3 is 15.0 Å². The van der Waals surface area contributed by atoms with Crippen molar-refractivity contribution in [1.82, 2.24) is 15.3 Å². The quantitative estimate of drug-likeness (QED) is 0.924. The first-order chi connectivity index (χ1) is 10.8. The molecule has 0 unspecified atom stereocenters. The molecule has 2 aliphatic heterocycles. The molecule has 0 saturated carbocycles. The normalized spacial score (nSPS) is 19.3. The van der Waals surface area contributed by atoms with E-state index in [0.29, 0.717) is 5.03 Å². The average Bonchev–Trinajstić information content (AvgIpc) is 2.58. The standard InChI is InChI=1S/C16H21ClN4O/c1-2-12-9-19-16(20-10-12)21-7-4-13(5-8-21)22-15-3-6-18-11-14(15)17/h3,9-11,13,18H,2,4-8H2,1H3. The van der Waals surface area contributed by atoms with Crippen molar-refractivity contribution in [2.45, 2.75) is 32.3 Å². The molecule has 0 bridgehead atoms. The predicted octanol–water partition coefficient (Wildman–Crippen LogP) is 2.59. The summed E-state index contributed by atoms with van der Waals surface area (Å²) in [5, 5.41) is 3.71. The number of piperidine rings is 1. The van der Waals surface area contributed by atoms with Crippen LogP contribution in [0.15, 0.2) is 35.5 Å². The van der Waals surface area contributed by atoms with Gasteiger partial charge in [0.2, 0.25) is 5.95 Å². The Bertz CT molecular complexity index is 562. The van der Waals surface area contributed by atoms with Gasteiger partial charge in [0.1, 0.15) is 11.9 Å². The second-order valence-electron chi connectivity index (χ2n) is 5.52. The van der Waals surface area contributed by atoms with E-state index >= 15 is 0 Å². The van der Waals surface area contributed by atoms with Gasteiger partial charge >= 0.3 is 0 Å². The van der Waals surface area contributed by atoms with Crippen molar-refractivity contribution in [1.29, 1.82) is 0 Å². The van der Waals surface area contributed by atoms with Crippen molar-refractivity contribution < 1.29 is 4.74 Å². The van der Waals surface area contributed by atoms with Gasteiger partial charge in [-0.05, 0) is 18.1 Å². The fourth-order valence-electron chi connectivity index (χ4n) is 2.62. The molecule has 0 atom stereocenters. The number of allylic oxidation sites excluding steroid dienone is 1. The van der Waals surface area contributed by atoms with Crippen LogP contribution in [0.25, 0.3) is 0 Å². The minimum Gasteiger partial charge on any atom is -0.489 e. The van der Waals surface area contributed by atoms with E-state index in [1.54, 1.807) is 6.20 Å². The Kier molecular flexibility index (Phi) is 4.83. The third kappa shape index (κ3) is 3.53. The lowest BCUT2D eigenvalue weighted by atomic mass is 10.1. The number of halogens is 1. The highest BCUT2D eigenvalue weighted by Gasteiger charge is 2.23. The third-order valence-electron chi connectivity index (χ3n) is 3.99. The number of aromatic nitrogens is 2. The fourth-order valence-corrected chi connectivity index (χ4v) is 2.82. The predicted molar refractivity (Wildman–Crippen MR) is 87.8 cm³/mol. The van der Waals surface area contributed by atoms with Gasteiger partial charge in [-0.2, -0.15) is 0 Å². The largest absolute Gasteiger partial charge is 0.489 e. The van der Waals surface area contributed by atoms with E-state index in [1.165, 1.54) is 5.56 Å². The highest BCUT2D eigenvalue weighted by atomic mass is 35.5. The van der Waals surface area contributed by atoms with Gasteiger partial charge in [0.05, 0.1) is 5.03 Å². The Hall–Kier alpha value is -1.75. The van der Waals surface area contributed by atoms with Gasteiger partial charge in [-0.15, -0.1) is 0 Å². The van der Waals surface area contributed by atoms with Crippen LogP contribution in [-0.4, -0.2) is 35.7 Å². The summed E-state index contributed by atoms with van der Waals surface area (Å²) >= 11 is 6.13. The van der Waals surface area contributed by atoms with Crippen LogP contribution in [0.4, 0.5) is 5.95 Å². The molecule has 1 aromatic rings. The number of hydrogen-bond donors (Lipinski definition) is 1. The lowest BCUT2D eigenvalue weighted by molar-refractivity contribution is 0.0994. The first kappa shape index (κ1) is 15.2. The summed E-state index contributed by atoms with van der Waals surface area (Å²) in [6.07, 6.45) is 10.7. The highest BCUT2D eigenvalue weighted by molar-refractivity contribution is 6.31. The molecular formula is C16H21ClN4O. The van der Waals surface area contributed by atoms with Crippen molar-refractivity contribution in [3.63, 3.8) is 0 Å². The average molecular weight is 321 g/mol. The van der Waals surface area contributed by atoms with Crippen LogP contribution in [0.5, 0.6) is 0 Å². The molecule has 1 fully saturated rings. The van der Waals surface area contributed by atoms with Crippen molar-refractivity contribution >= 4 is 17.5 Å². The molecule has 118 valence electrons. The number of dihydropyridines is 1. The molecule has 2 aliphatic rings. The molecule has 1 N–H and O–H groups in total. The molecule has 6 heteroatoms. The molecule has 22 heavy (non-hydrogen) atoms. The Morgan fingerprint density at radius 3 is 2.68 bits per heavy atom. The molecule has 0 radical (unpaired) electrons. The molecular weight excluding hydrogens is 300 g/mol. The zero-order valence-corrected chi connectivity index (χ0v) is 13.5. The highest BCUT2D eigenvalue weighted by Crippen LogP contribution is 2.24. The molecule has 1 saturated heterocycles. The SMILES string of the molecule is CCc1cnc(N2CCC(OC3=CCNC=C3Cl)CC2)nc1. The van der Waals surface area contributed by atoms with E-state index in [1.807, 2.05) is 18.5 Å². The minimum absolute atomic E-state index is 0.206. The van der Waals surface area contributed by atoms with Crippen LogP contribution in [0, 0.1) is 0 Å². The number of nitrogens with zero attached hydrogens (tertiary/aromatic N) is 3. The molecule has 0 aliphatic carbocycles. The molecule has 5 nitrogen and oxygen atoms in total. The van der Waals surface area contributed by atoms with Crippen LogP contribution in [0.1, 0.15) is 25.3 Å². The van der Waals surface area contributed by atoms with Crippen LogP contribution < -0.4 is 10.2 Å². The zero-order valence-electron chi connectivity index (χ0n) is 12.8. The summed E-state index contributed by atoms with van der Waals surface area (Å²) in [5.74, 6) is 1.61. The first-order valence-electron chi connectivity index (χ1n) is 7.78. The number of rotatable bonds is 4. The maximum Gasteiger partial charge on any atom is 0.225 e. The summed E-state index contributed by atoms with van der Waals surface area (Å²) in [6.45, 7) is 4.68. The summed E-state index contributed by atoms with van der Waals surface area (Å²) in [7, 11) is 0. The third-order valence-corrected chi connectivity index (χ3v) is 4.28. The van der Waals surface area contributed by atoms with Gasteiger partial charge in [0.15, 0.2) is 0 Å². The number of hydrogen-bond acceptors (Lipinski definition) is 5. The van der Waals surface area contributed by atoms with E-state index in [0.717, 1.165) is 50.6 Å². The summed E-state index contributed by atoms with van der Waals surface area (Å²) < 4.78 is 6.02. The van der Waals surface area contributed by atoms with Crippen molar-refractivity contribution in [3.05, 3.63) is 41.0 Å². The molecule has 0 aromatic carbocycles. The van der Waals surface area contributed by atoms with Crippen LogP contribution in [-0.2, 0) is 11.2 Å². The fraction of sp³-hybridized carbons (Fsp3) is 0.500. The summed E-state index contributed by atoms with van der Waals surface area (Å²) in [4.78, 5) is 11.1. The van der Waals surface area contributed by atoms with Gasteiger partial charge in [-0.3, -0.25) is 0 Å². The van der Waals surface area contributed by atoms with Gasteiger partial charge in [0, 0.05) is 51.1 Å². The molecule has 0 spiro atoms. The van der Waals surface area contributed by atoms with Gasteiger partial charge in [-0.25, -0.2) is 9.97 Å². The number of anilines is 1. The molecule has 0 amide bonds. The van der Waals surface area contributed by atoms with Crippen molar-refractivity contribution in [2.75, 3.05) is 24.5 Å². The van der Waals surface area contributed by atoms with Gasteiger partial charge in [0.25, 0.3) is 0 Å². The second kappa shape index (κ2) is 7.01. The molecule has 3 rings (SSSR count). The lowest BCUT2D eigenvalue weighted by Crippen LogP contribution is -2.38. The summed E-state index contributed by atoms with van der Waals surface area (Å²) in [6, 6.07) is 0. The number of aryl methyl sites for hydroxylation is 1. The first-order valence-corrected chi connectivity index (χ1v) is 8.16. The Labute approximate surface area is 136 Å². The smallest absolute Gasteiger partial charge is 0.225 e. The molecule has 3 heterocycles. The topological polar surface area (TPSA) is 50.3 Å². The lowest BCUT2D eigenvalue weighted by Gasteiger charge is -2.33. The van der Waals surface area contributed by atoms with E-state index < -0.39 is 0 Å². The monoisotopic (exact) mass is 320 g/mol. The van der Waals surface area contributed by atoms with Gasteiger partial charge in [-0.1, -0.05) is 18.5 Å². The van der Waals surface area contributed by atoms with Crippen molar-refractivity contribution in [2.24, 2.45) is 0 Å². The zero-order chi connectivity index (χ0) is 15.4. The number of ether oxygens (including phenoxy) is 1. The van der Waals surface area contributed by atoms with Crippen LogP contribution in [0.3, 0.4) is 0 Å². The maximum atomic E-state index is 6.13. The Morgan fingerprint density at radius 2 is 2.05 bits per heavy atom. The van der Waals surface area contributed by atoms with Crippen LogP contribution >= 0.6 is 11.6 Å². The summed E-state index contributed by atoms with van der Waals surface area (Å²) in [5.41, 5.74) is 1.17. The maximum absolute atomic E-state index is 6.13. The van der Waals surface area contributed by atoms with E-state index in [9.17, 15) is 0 Å². The van der Waals surface area contributed by atoms with Crippen molar-refractivity contribution in [3.8, 4) is 0 Å². The van der Waals surface area contributed by atoms with Crippen LogP contribution in [0.2, 0.25) is 0 Å². The van der Waals surface area contributed by atoms with E-state index in [-0.39, 0.29) is 6.10 Å². The molecule has 1 aromatic heterocycles. The Morgan fingerprint density at radius 1 is 1.32 bits per heavy atom. The minimum atomic E-state index is 0.206. The van der Waals surface area contributed by atoms with E-state index in [4.69, 9.17) is 16.3 Å². The Balaban J connectivity index is 1.53.